The van der Waals surface area contributed by atoms with E-state index in [9.17, 15) is 35.9 Å². The molecule has 2 aliphatic heterocycles. The van der Waals surface area contributed by atoms with Crippen LogP contribution in [0.5, 0.6) is 0 Å². The fourth-order valence-electron chi connectivity index (χ4n) is 6.00. The highest BCUT2D eigenvalue weighted by Gasteiger charge is 2.42. The zero-order chi connectivity index (χ0) is 34.2. The lowest BCUT2D eigenvalue weighted by molar-refractivity contribution is -0.143. The van der Waals surface area contributed by atoms with Gasteiger partial charge in [0.05, 0.1) is 29.2 Å². The third kappa shape index (κ3) is 7.95. The number of halogens is 6. The van der Waals surface area contributed by atoms with E-state index in [1.54, 1.807) is 37.6 Å². The van der Waals surface area contributed by atoms with Gasteiger partial charge in [0, 0.05) is 44.8 Å². The second-order valence-corrected chi connectivity index (χ2v) is 12.8. The lowest BCUT2D eigenvalue weighted by atomic mass is 9.87. The average molecular weight is 659 g/mol. The Balaban J connectivity index is 1.75. The molecular weight excluding hydrogens is 618 g/mol. The van der Waals surface area contributed by atoms with Crippen molar-refractivity contribution in [3.63, 3.8) is 0 Å². The highest BCUT2D eigenvalue weighted by molar-refractivity contribution is 5.93. The summed E-state index contributed by atoms with van der Waals surface area (Å²) in [5, 5.41) is 0. The first kappa shape index (κ1) is 35.1. The summed E-state index contributed by atoms with van der Waals surface area (Å²) in [6.07, 6.45) is -5.89. The molecule has 15 heteroatoms. The number of likely N-dealkylation sites (tertiary alicyclic amines) is 1. The van der Waals surface area contributed by atoms with Crippen LogP contribution in [0.15, 0.2) is 30.6 Å². The topological polar surface area (TPSA) is 82.1 Å². The highest BCUT2D eigenvalue weighted by Crippen LogP contribution is 2.38. The van der Waals surface area contributed by atoms with Crippen LogP contribution in [0.2, 0.25) is 0 Å². The molecule has 0 radical (unpaired) electrons. The lowest BCUT2D eigenvalue weighted by Crippen LogP contribution is -2.57. The fourth-order valence-corrected chi connectivity index (χ4v) is 6.00. The number of hydrogen-bond donors (Lipinski definition) is 0. The first-order valence-corrected chi connectivity index (χ1v) is 15.2. The molecule has 3 atom stereocenters. The second-order valence-electron chi connectivity index (χ2n) is 12.8. The molecule has 46 heavy (non-hydrogen) atoms. The van der Waals surface area contributed by atoms with Crippen LogP contribution in [0.4, 0.5) is 47.6 Å². The Morgan fingerprint density at radius 3 is 1.85 bits per heavy atom. The maximum Gasteiger partial charge on any atom is 0.416 e. The van der Waals surface area contributed by atoms with Crippen LogP contribution in [0, 0.1) is 0 Å². The van der Waals surface area contributed by atoms with Gasteiger partial charge in [-0.1, -0.05) is 13.8 Å². The minimum atomic E-state index is -5.01. The van der Waals surface area contributed by atoms with Crippen LogP contribution in [-0.2, 0) is 23.6 Å². The van der Waals surface area contributed by atoms with Gasteiger partial charge in [-0.2, -0.15) is 26.3 Å². The molecule has 1 aromatic heterocycles. The first-order chi connectivity index (χ1) is 21.3. The number of anilines is 2. The number of ether oxygens (including phenoxy) is 1. The Bertz CT molecular complexity index is 1350. The molecule has 0 N–H and O–H groups in total. The number of nitrogens with zero attached hydrogens (tertiary/aromatic N) is 6. The number of urea groups is 1. The van der Waals surface area contributed by atoms with Crippen molar-refractivity contribution < 1.29 is 40.7 Å². The third-order valence-electron chi connectivity index (χ3n) is 8.27. The van der Waals surface area contributed by atoms with Crippen LogP contribution in [-0.4, -0.2) is 75.8 Å². The van der Waals surface area contributed by atoms with Crippen molar-refractivity contribution in [2.24, 2.45) is 0 Å². The standard InChI is InChI=1S/C31H40F6N6O3/c1-7-22-14-24(15-23(8-2)43(22)28(45)46-29(3,4)5)42(26-38-16-25(17-39-26)41-10-9-40(6)27(41)44)18-19-11-20(30(32,33)34)13-21(12-19)31(35,36)37/h11-13,16-17,22-24H,7-10,14-15,18H2,1-6H3/t22-,23+,24?. The van der Waals surface area contributed by atoms with Crippen LogP contribution in [0.3, 0.4) is 0 Å². The van der Waals surface area contributed by atoms with Gasteiger partial charge in [-0.05, 0) is 70.2 Å². The van der Waals surface area contributed by atoms with E-state index in [0.29, 0.717) is 56.6 Å². The molecule has 0 bridgehead atoms. The molecule has 1 unspecified atom stereocenters. The largest absolute Gasteiger partial charge is 0.444 e. The van der Waals surface area contributed by atoms with Crippen molar-refractivity contribution >= 4 is 23.8 Å². The quantitative estimate of drug-likeness (QED) is 0.290. The molecular formula is C31H40F6N6O3. The molecule has 2 fully saturated rings. The van der Waals surface area contributed by atoms with Gasteiger partial charge in [0.25, 0.3) is 0 Å². The zero-order valence-electron chi connectivity index (χ0n) is 26.7. The summed E-state index contributed by atoms with van der Waals surface area (Å²) in [6.45, 7) is 9.64. The number of alkyl halides is 6. The SMILES string of the molecule is CC[C@@H]1CC(N(Cc2cc(C(F)(F)F)cc(C(F)(F)F)c2)c2ncc(N3CCN(C)C3=O)cn2)C[C@H](CC)N1C(=O)OC(C)(C)C. The monoisotopic (exact) mass is 658 g/mol. The normalized spacial score (nSPS) is 21.2. The molecule has 0 aliphatic carbocycles. The zero-order valence-corrected chi connectivity index (χ0v) is 26.7. The predicted octanol–water partition coefficient (Wildman–Crippen LogP) is 7.35. The van der Waals surface area contributed by atoms with Crippen molar-refractivity contribution in [1.29, 1.82) is 0 Å². The van der Waals surface area contributed by atoms with Gasteiger partial charge < -0.3 is 19.4 Å². The van der Waals surface area contributed by atoms with Gasteiger partial charge in [0.2, 0.25) is 5.95 Å². The van der Waals surface area contributed by atoms with Crippen molar-refractivity contribution in [3.8, 4) is 0 Å². The van der Waals surface area contributed by atoms with Crippen LogP contribution >= 0.6 is 0 Å². The van der Waals surface area contributed by atoms with E-state index < -0.39 is 41.2 Å². The van der Waals surface area contributed by atoms with Crippen molar-refractivity contribution in [2.45, 2.75) is 103 Å². The smallest absolute Gasteiger partial charge is 0.416 e. The number of hydrogen-bond acceptors (Lipinski definition) is 6. The maximum absolute atomic E-state index is 13.7. The van der Waals surface area contributed by atoms with Gasteiger partial charge in [-0.3, -0.25) is 4.90 Å². The van der Waals surface area contributed by atoms with Gasteiger partial charge in [-0.25, -0.2) is 19.6 Å². The molecule has 4 rings (SSSR count). The van der Waals surface area contributed by atoms with E-state index in [1.807, 2.05) is 13.8 Å². The Morgan fingerprint density at radius 1 is 0.913 bits per heavy atom. The molecule has 0 saturated carbocycles. The molecule has 2 aliphatic rings. The molecule has 9 nitrogen and oxygen atoms in total. The molecule has 254 valence electrons. The molecule has 2 saturated heterocycles. The number of rotatable bonds is 7. The number of amides is 3. The van der Waals surface area contributed by atoms with E-state index in [2.05, 4.69) is 9.97 Å². The number of likely N-dealkylation sites (N-methyl/N-ethyl adjacent to an activating group) is 1. The number of carbonyl (C=O) groups is 2. The van der Waals surface area contributed by atoms with E-state index in [4.69, 9.17) is 4.74 Å². The average Bonchev–Trinajstić information content (AvgIpc) is 3.30. The molecule has 0 spiro atoms. The van der Waals surface area contributed by atoms with Gasteiger partial charge in [0.1, 0.15) is 5.60 Å². The highest BCUT2D eigenvalue weighted by atomic mass is 19.4. The van der Waals surface area contributed by atoms with Gasteiger partial charge in [0.15, 0.2) is 0 Å². The summed E-state index contributed by atoms with van der Waals surface area (Å²) in [5.41, 5.74) is -3.38. The van der Waals surface area contributed by atoms with E-state index >= 15 is 0 Å². The Hall–Kier alpha value is -3.78. The third-order valence-corrected chi connectivity index (χ3v) is 8.27. The molecule has 3 amide bonds. The van der Waals surface area contributed by atoms with Crippen LogP contribution < -0.4 is 9.80 Å². The minimum Gasteiger partial charge on any atom is -0.444 e. The Kier molecular flexibility index (Phi) is 10.0. The second kappa shape index (κ2) is 13.1. The Morgan fingerprint density at radius 2 is 1.43 bits per heavy atom. The maximum atomic E-state index is 13.7. The number of aromatic nitrogens is 2. The first-order valence-electron chi connectivity index (χ1n) is 15.2. The minimum absolute atomic E-state index is 0.0788. The van der Waals surface area contributed by atoms with Crippen molar-refractivity contribution in [1.82, 2.24) is 19.8 Å². The van der Waals surface area contributed by atoms with Crippen molar-refractivity contribution in [2.75, 3.05) is 29.9 Å². The number of benzene rings is 1. The Labute approximate surface area is 264 Å². The summed E-state index contributed by atoms with van der Waals surface area (Å²) in [6, 6.07) is 0.156. The summed E-state index contributed by atoms with van der Waals surface area (Å²) in [5.74, 6) is 0.0788. The van der Waals surface area contributed by atoms with Gasteiger partial charge in [-0.15, -0.1) is 0 Å². The summed E-state index contributed by atoms with van der Waals surface area (Å²) in [7, 11) is 1.65. The summed E-state index contributed by atoms with van der Waals surface area (Å²) >= 11 is 0. The summed E-state index contributed by atoms with van der Waals surface area (Å²) < 4.78 is 88.1. The lowest BCUT2D eigenvalue weighted by Gasteiger charge is -2.48. The fraction of sp³-hybridized carbons (Fsp3) is 0.613. The van der Waals surface area contributed by atoms with Crippen molar-refractivity contribution in [3.05, 3.63) is 47.3 Å². The van der Waals surface area contributed by atoms with E-state index in [0.717, 1.165) is 0 Å². The number of piperidine rings is 1. The molecule has 2 aromatic rings. The number of carbonyl (C=O) groups excluding carboxylic acids is 2. The molecule has 1 aromatic carbocycles. The van der Waals surface area contributed by atoms with Gasteiger partial charge >= 0.3 is 24.5 Å². The van der Waals surface area contributed by atoms with E-state index in [1.165, 1.54) is 22.2 Å². The van der Waals surface area contributed by atoms with Crippen LogP contribution in [0.25, 0.3) is 0 Å². The van der Waals surface area contributed by atoms with E-state index in [-0.39, 0.29) is 42.2 Å². The summed E-state index contributed by atoms with van der Waals surface area (Å²) in [4.78, 5) is 41.0. The van der Waals surface area contributed by atoms with Crippen LogP contribution in [0.1, 0.15) is 77.0 Å². The molecule has 3 heterocycles. The predicted molar refractivity (Wildman–Crippen MR) is 159 cm³/mol.